The van der Waals surface area contributed by atoms with Gasteiger partial charge in [-0.15, -0.1) is 0 Å². The zero-order valence-corrected chi connectivity index (χ0v) is 14.8. The van der Waals surface area contributed by atoms with Gasteiger partial charge in [-0.1, -0.05) is 12.1 Å². The number of allylic oxidation sites excluding steroid dienone is 2. The molecule has 2 aromatic carbocycles. The number of hydrogen-bond donors (Lipinski definition) is 2. The van der Waals surface area contributed by atoms with Gasteiger partial charge in [0.25, 0.3) is 0 Å². The van der Waals surface area contributed by atoms with Crippen LogP contribution in [0, 0.1) is 0 Å². The molecule has 1 heterocycles. The van der Waals surface area contributed by atoms with Crippen LogP contribution >= 0.6 is 0 Å². The average molecular weight is 351 g/mol. The zero-order chi connectivity index (χ0) is 18.3. The Morgan fingerprint density at radius 1 is 1.12 bits per heavy atom. The van der Waals surface area contributed by atoms with Gasteiger partial charge >= 0.3 is 0 Å². The van der Waals surface area contributed by atoms with Crippen molar-refractivity contribution in [2.45, 2.75) is 25.2 Å². The third-order valence-electron chi connectivity index (χ3n) is 5.09. The second kappa shape index (κ2) is 6.41. The Kier molecular flexibility index (Phi) is 4.07. The summed E-state index contributed by atoms with van der Waals surface area (Å²) >= 11 is 0. The predicted molar refractivity (Wildman–Crippen MR) is 99.0 cm³/mol. The molecule has 4 rings (SSSR count). The van der Waals surface area contributed by atoms with Crippen LogP contribution in [0.4, 0.5) is 5.69 Å². The highest BCUT2D eigenvalue weighted by molar-refractivity contribution is 6.01. The van der Waals surface area contributed by atoms with Gasteiger partial charge in [0, 0.05) is 47.0 Å². The largest absolute Gasteiger partial charge is 0.508 e. The third kappa shape index (κ3) is 2.60. The maximum atomic E-state index is 12.8. The summed E-state index contributed by atoms with van der Waals surface area (Å²) < 4.78 is 11.0. The van der Waals surface area contributed by atoms with Gasteiger partial charge in [-0.25, -0.2) is 0 Å². The van der Waals surface area contributed by atoms with Gasteiger partial charge < -0.3 is 19.9 Å². The molecule has 0 aromatic heterocycles. The Morgan fingerprint density at radius 3 is 2.69 bits per heavy atom. The zero-order valence-electron chi connectivity index (χ0n) is 14.8. The second-order valence-corrected chi connectivity index (χ2v) is 6.61. The monoisotopic (exact) mass is 351 g/mol. The molecule has 0 fully saturated rings. The number of phenols is 1. The van der Waals surface area contributed by atoms with Gasteiger partial charge in [0.1, 0.15) is 17.2 Å². The molecule has 2 aliphatic rings. The van der Waals surface area contributed by atoms with Crippen LogP contribution in [-0.4, -0.2) is 25.1 Å². The number of anilines is 1. The summed E-state index contributed by atoms with van der Waals surface area (Å²) in [5.41, 5.74) is 4.38. The van der Waals surface area contributed by atoms with Crippen LogP contribution in [-0.2, 0) is 4.79 Å². The van der Waals surface area contributed by atoms with Crippen molar-refractivity contribution >= 4 is 11.5 Å². The first kappa shape index (κ1) is 16.5. The maximum Gasteiger partial charge on any atom is 0.161 e. The average Bonchev–Trinajstić information content (AvgIpc) is 2.65. The third-order valence-corrected chi connectivity index (χ3v) is 5.09. The Morgan fingerprint density at radius 2 is 1.96 bits per heavy atom. The number of rotatable bonds is 3. The number of carbonyl (C=O) groups excluding carboxylic acids is 1. The molecule has 26 heavy (non-hydrogen) atoms. The van der Waals surface area contributed by atoms with E-state index >= 15 is 0 Å². The molecule has 0 bridgehead atoms. The molecule has 0 saturated heterocycles. The fourth-order valence-electron chi connectivity index (χ4n) is 3.96. The van der Waals surface area contributed by atoms with Crippen LogP contribution in [0.5, 0.6) is 17.2 Å². The molecular weight excluding hydrogens is 330 g/mol. The number of nitrogens with one attached hydrogen (secondary N) is 1. The summed E-state index contributed by atoms with van der Waals surface area (Å²) in [6.07, 6.45) is 2.22. The SMILES string of the molecule is COc1cc2c(c(OC)c1)[C@H](c1cccc(O)c1)C1=C(CCCC1=O)N2. The summed E-state index contributed by atoms with van der Waals surface area (Å²) in [6.45, 7) is 0. The van der Waals surface area contributed by atoms with Gasteiger partial charge in [-0.3, -0.25) is 4.79 Å². The first-order valence-corrected chi connectivity index (χ1v) is 8.70. The molecule has 1 aliphatic carbocycles. The van der Waals surface area contributed by atoms with Crippen LogP contribution < -0.4 is 14.8 Å². The van der Waals surface area contributed by atoms with Crippen molar-refractivity contribution in [2.24, 2.45) is 0 Å². The van der Waals surface area contributed by atoms with E-state index in [2.05, 4.69) is 5.32 Å². The van der Waals surface area contributed by atoms with Crippen molar-refractivity contribution in [3.8, 4) is 17.2 Å². The summed E-state index contributed by atoms with van der Waals surface area (Å²) in [7, 11) is 3.23. The van der Waals surface area contributed by atoms with E-state index in [-0.39, 0.29) is 17.5 Å². The maximum absolute atomic E-state index is 12.8. The molecule has 0 saturated carbocycles. The van der Waals surface area contributed by atoms with Crippen molar-refractivity contribution in [1.29, 1.82) is 0 Å². The first-order chi connectivity index (χ1) is 12.6. The lowest BCUT2D eigenvalue weighted by Gasteiger charge is -2.35. The Bertz CT molecular complexity index is 916. The minimum absolute atomic E-state index is 0.149. The molecule has 0 amide bonds. The number of carbonyl (C=O) groups is 1. The number of hydrogen-bond acceptors (Lipinski definition) is 5. The number of benzene rings is 2. The molecule has 0 radical (unpaired) electrons. The molecule has 2 N–H and O–H groups in total. The lowest BCUT2D eigenvalue weighted by atomic mass is 9.75. The fourth-order valence-corrected chi connectivity index (χ4v) is 3.96. The number of Topliss-reactive ketones (excluding diaryl/α,β-unsaturated/α-hetero) is 1. The molecule has 1 aliphatic heterocycles. The highest BCUT2D eigenvalue weighted by Gasteiger charge is 2.37. The molecule has 0 spiro atoms. The lowest BCUT2D eigenvalue weighted by molar-refractivity contribution is -0.116. The summed E-state index contributed by atoms with van der Waals surface area (Å²) in [5.74, 6) is 1.40. The van der Waals surface area contributed by atoms with Gasteiger partial charge in [-0.2, -0.15) is 0 Å². The minimum Gasteiger partial charge on any atom is -0.508 e. The van der Waals surface area contributed by atoms with Crippen LogP contribution in [0.25, 0.3) is 0 Å². The van der Waals surface area contributed by atoms with E-state index in [0.717, 1.165) is 40.9 Å². The predicted octanol–water partition coefficient (Wildman–Crippen LogP) is 3.97. The highest BCUT2D eigenvalue weighted by atomic mass is 16.5. The summed E-state index contributed by atoms with van der Waals surface area (Å²) in [6, 6.07) is 10.8. The summed E-state index contributed by atoms with van der Waals surface area (Å²) in [5, 5.41) is 13.4. The van der Waals surface area contributed by atoms with E-state index in [4.69, 9.17) is 9.47 Å². The van der Waals surface area contributed by atoms with E-state index in [1.807, 2.05) is 18.2 Å². The summed E-state index contributed by atoms with van der Waals surface area (Å²) in [4.78, 5) is 12.8. The topological polar surface area (TPSA) is 67.8 Å². The standard InChI is InChI=1S/C21H21NO4/c1-25-14-10-16-21(18(11-14)26-2)19(12-5-3-6-13(23)9-12)20-15(22-16)7-4-8-17(20)24/h3,5-6,9-11,19,22-23H,4,7-8H2,1-2H3/t19-/m1/s1. The van der Waals surface area contributed by atoms with E-state index in [0.29, 0.717) is 17.9 Å². The van der Waals surface area contributed by atoms with Gasteiger partial charge in [-0.05, 0) is 30.5 Å². The van der Waals surface area contributed by atoms with Crippen molar-refractivity contribution in [3.63, 3.8) is 0 Å². The molecule has 5 heteroatoms. The first-order valence-electron chi connectivity index (χ1n) is 8.70. The molecule has 1 atom stereocenters. The minimum atomic E-state index is -0.276. The second-order valence-electron chi connectivity index (χ2n) is 6.61. The van der Waals surface area contributed by atoms with Gasteiger partial charge in [0.2, 0.25) is 0 Å². The Hall–Kier alpha value is -2.95. The normalized spacial score (nSPS) is 18.7. The quantitative estimate of drug-likeness (QED) is 0.876. The number of methoxy groups -OCH3 is 2. The Labute approximate surface area is 152 Å². The van der Waals surface area contributed by atoms with Crippen LogP contribution in [0.1, 0.15) is 36.3 Å². The van der Waals surface area contributed by atoms with Crippen molar-refractivity contribution in [2.75, 3.05) is 19.5 Å². The van der Waals surface area contributed by atoms with Gasteiger partial charge in [0.05, 0.1) is 14.2 Å². The smallest absolute Gasteiger partial charge is 0.161 e. The van der Waals surface area contributed by atoms with Crippen molar-refractivity contribution in [1.82, 2.24) is 0 Å². The number of fused-ring (bicyclic) bond motifs is 1. The molecule has 2 aromatic rings. The van der Waals surface area contributed by atoms with Crippen molar-refractivity contribution < 1.29 is 19.4 Å². The molecule has 134 valence electrons. The number of phenolic OH excluding ortho intramolecular Hbond substituents is 1. The van der Waals surface area contributed by atoms with E-state index in [9.17, 15) is 9.90 Å². The van der Waals surface area contributed by atoms with Crippen LogP contribution in [0.2, 0.25) is 0 Å². The van der Waals surface area contributed by atoms with E-state index in [1.165, 1.54) is 0 Å². The van der Waals surface area contributed by atoms with Crippen LogP contribution in [0.3, 0.4) is 0 Å². The molecule has 5 nitrogen and oxygen atoms in total. The number of ether oxygens (including phenoxy) is 2. The number of ketones is 1. The van der Waals surface area contributed by atoms with E-state index < -0.39 is 0 Å². The lowest BCUT2D eigenvalue weighted by Crippen LogP contribution is -2.27. The molecular formula is C21H21NO4. The van der Waals surface area contributed by atoms with Gasteiger partial charge in [0.15, 0.2) is 5.78 Å². The highest BCUT2D eigenvalue weighted by Crippen LogP contribution is 2.50. The molecule has 0 unspecified atom stereocenters. The Balaban J connectivity index is 1.99. The number of aromatic hydroxyl groups is 1. The van der Waals surface area contributed by atoms with Crippen molar-refractivity contribution in [3.05, 3.63) is 58.8 Å². The van der Waals surface area contributed by atoms with E-state index in [1.54, 1.807) is 32.4 Å². The fraction of sp³-hybridized carbons (Fsp3) is 0.286. The van der Waals surface area contributed by atoms with Crippen LogP contribution in [0.15, 0.2) is 47.7 Å².